The van der Waals surface area contributed by atoms with E-state index in [9.17, 15) is 29.4 Å². The number of aliphatic carboxylic acids is 2. The van der Waals surface area contributed by atoms with Crippen molar-refractivity contribution in [2.75, 3.05) is 24.6 Å². The van der Waals surface area contributed by atoms with E-state index in [4.69, 9.17) is 11.5 Å². The third-order valence-electron chi connectivity index (χ3n) is 10.5. The van der Waals surface area contributed by atoms with Crippen LogP contribution >= 0.6 is 21.6 Å². The normalized spacial score (nSPS) is 12.4. The Labute approximate surface area is 350 Å². The van der Waals surface area contributed by atoms with Gasteiger partial charge >= 0.3 is 11.9 Å². The first kappa shape index (κ1) is 54.5. The molecule has 2 unspecified atom stereocenters. The standard InChI is InChI=1S/C44H86N4O6S2/c45-35-29-25-21-17-13-9-5-1-3-7-11-15-19-23-27-31-41(49)47-39(43(51)52)33-37-55-56-38-34-40(44(53)54)48-42(50)32-28-24-20-16-12-8-4-2-6-10-14-18-22-26-30-36-46/h39-40H,1-38,45-46H2,(H,47,49)(H,48,50)(H,51,52)(H,53,54). The Kier molecular flexibility index (Phi) is 41.9. The van der Waals surface area contributed by atoms with Gasteiger partial charge in [0.15, 0.2) is 0 Å². The van der Waals surface area contributed by atoms with Gasteiger partial charge in [0.2, 0.25) is 11.8 Å². The summed E-state index contributed by atoms with van der Waals surface area (Å²) in [6.45, 7) is 1.63. The average molecular weight is 831 g/mol. The second kappa shape index (κ2) is 43.1. The summed E-state index contributed by atoms with van der Waals surface area (Å²) in [5.41, 5.74) is 11.1. The predicted molar refractivity (Wildman–Crippen MR) is 239 cm³/mol. The van der Waals surface area contributed by atoms with Crippen LogP contribution in [0.5, 0.6) is 0 Å². The van der Waals surface area contributed by atoms with E-state index in [1.54, 1.807) is 0 Å². The van der Waals surface area contributed by atoms with Crippen LogP contribution in [0.3, 0.4) is 0 Å². The summed E-state index contributed by atoms with van der Waals surface area (Å²) in [5.74, 6) is -1.49. The molecule has 12 heteroatoms. The lowest BCUT2D eigenvalue weighted by Crippen LogP contribution is -2.41. The lowest BCUT2D eigenvalue weighted by atomic mass is 10.0. The van der Waals surface area contributed by atoms with Crippen molar-refractivity contribution in [3.8, 4) is 0 Å². The van der Waals surface area contributed by atoms with E-state index in [1.165, 1.54) is 163 Å². The first-order valence-electron chi connectivity index (χ1n) is 23.0. The summed E-state index contributed by atoms with van der Waals surface area (Å²) in [4.78, 5) is 48.2. The fourth-order valence-electron chi connectivity index (χ4n) is 6.95. The van der Waals surface area contributed by atoms with Crippen LogP contribution in [-0.4, -0.2) is 70.6 Å². The maximum absolute atomic E-state index is 12.4. The highest BCUT2D eigenvalue weighted by molar-refractivity contribution is 8.76. The second-order valence-corrected chi connectivity index (χ2v) is 18.5. The topological polar surface area (TPSA) is 185 Å². The molecule has 56 heavy (non-hydrogen) atoms. The Morgan fingerprint density at radius 2 is 0.589 bits per heavy atom. The summed E-state index contributed by atoms with van der Waals surface area (Å²) in [6.07, 6.45) is 37.9. The monoisotopic (exact) mass is 831 g/mol. The molecule has 0 fully saturated rings. The molecule has 0 aromatic carbocycles. The van der Waals surface area contributed by atoms with Crippen molar-refractivity contribution >= 4 is 45.3 Å². The number of carboxylic acids is 2. The van der Waals surface area contributed by atoms with E-state index in [0.717, 1.165) is 64.5 Å². The van der Waals surface area contributed by atoms with Gasteiger partial charge in [-0.05, 0) is 51.6 Å². The van der Waals surface area contributed by atoms with Gasteiger partial charge in [-0.1, -0.05) is 189 Å². The quantitative estimate of drug-likeness (QED) is 0.0255. The smallest absolute Gasteiger partial charge is 0.326 e. The van der Waals surface area contributed by atoms with Gasteiger partial charge < -0.3 is 32.3 Å². The van der Waals surface area contributed by atoms with Crippen molar-refractivity contribution in [1.29, 1.82) is 0 Å². The van der Waals surface area contributed by atoms with Crippen LogP contribution in [0.4, 0.5) is 0 Å². The van der Waals surface area contributed by atoms with Crippen molar-refractivity contribution in [2.45, 2.75) is 230 Å². The highest BCUT2D eigenvalue weighted by Gasteiger charge is 2.21. The fraction of sp³-hybridized carbons (Fsp3) is 0.909. The molecule has 0 saturated heterocycles. The van der Waals surface area contributed by atoms with E-state index in [-0.39, 0.29) is 11.8 Å². The number of nitrogens with two attached hydrogens (primary N) is 2. The number of nitrogens with one attached hydrogen (secondary N) is 2. The molecule has 0 aromatic heterocycles. The largest absolute Gasteiger partial charge is 0.480 e. The molecule has 2 amide bonds. The Morgan fingerprint density at radius 3 is 0.804 bits per heavy atom. The maximum atomic E-state index is 12.4. The summed E-state index contributed by atoms with van der Waals surface area (Å²) in [6, 6.07) is -1.86. The number of carboxylic acid groups (broad SMARTS) is 2. The minimum Gasteiger partial charge on any atom is -0.480 e. The molecule has 0 heterocycles. The SMILES string of the molecule is NCCCCCCCCCCCCCCCCCC(=O)NC(CCSSCCC(NC(=O)CCCCCCCCCCCCCCCCCN)C(=O)O)C(=O)O. The summed E-state index contributed by atoms with van der Waals surface area (Å²) in [7, 11) is 2.92. The number of carbonyl (C=O) groups is 4. The molecule has 0 bridgehead atoms. The minimum absolute atomic E-state index is 0.216. The number of amides is 2. The van der Waals surface area contributed by atoms with Gasteiger partial charge in [0, 0.05) is 24.3 Å². The number of hydrogen-bond acceptors (Lipinski definition) is 8. The lowest BCUT2D eigenvalue weighted by molar-refractivity contribution is -0.142. The molecule has 0 saturated carbocycles. The van der Waals surface area contributed by atoms with E-state index in [2.05, 4.69) is 10.6 Å². The molecule has 0 aliphatic carbocycles. The highest BCUT2D eigenvalue weighted by atomic mass is 33.1. The molecule has 8 N–H and O–H groups in total. The van der Waals surface area contributed by atoms with Crippen LogP contribution < -0.4 is 22.1 Å². The third kappa shape index (κ3) is 39.3. The van der Waals surface area contributed by atoms with E-state index in [0.29, 0.717) is 37.2 Å². The molecule has 10 nitrogen and oxygen atoms in total. The zero-order valence-electron chi connectivity index (χ0n) is 35.5. The van der Waals surface area contributed by atoms with Gasteiger partial charge in [-0.3, -0.25) is 9.59 Å². The van der Waals surface area contributed by atoms with E-state index >= 15 is 0 Å². The third-order valence-corrected chi connectivity index (χ3v) is 13.0. The van der Waals surface area contributed by atoms with Crippen LogP contribution in [0, 0.1) is 0 Å². The van der Waals surface area contributed by atoms with Gasteiger partial charge in [0.1, 0.15) is 12.1 Å². The zero-order chi connectivity index (χ0) is 41.2. The number of carbonyl (C=O) groups excluding carboxylic acids is 2. The molecule has 0 spiro atoms. The molecule has 0 aromatic rings. The van der Waals surface area contributed by atoms with E-state index in [1.807, 2.05) is 0 Å². The fourth-order valence-corrected chi connectivity index (χ4v) is 9.14. The number of unbranched alkanes of at least 4 members (excludes halogenated alkanes) is 28. The summed E-state index contributed by atoms with van der Waals surface area (Å²) >= 11 is 0. The lowest BCUT2D eigenvalue weighted by Gasteiger charge is -2.15. The van der Waals surface area contributed by atoms with Gasteiger partial charge in [-0.2, -0.15) is 0 Å². The van der Waals surface area contributed by atoms with E-state index < -0.39 is 24.0 Å². The second-order valence-electron chi connectivity index (χ2n) is 15.8. The Hall–Kier alpha value is -1.50. The van der Waals surface area contributed by atoms with Gasteiger partial charge in [-0.15, -0.1) is 0 Å². The summed E-state index contributed by atoms with van der Waals surface area (Å²) in [5, 5.41) is 24.5. The molecular weight excluding hydrogens is 745 g/mol. The zero-order valence-corrected chi connectivity index (χ0v) is 37.2. The molecule has 330 valence electrons. The van der Waals surface area contributed by atoms with Crippen molar-refractivity contribution in [1.82, 2.24) is 10.6 Å². The molecular formula is C44H86N4O6S2. The van der Waals surface area contributed by atoms with Crippen LogP contribution in [0.1, 0.15) is 218 Å². The number of rotatable bonds is 45. The molecule has 2 atom stereocenters. The Morgan fingerprint density at radius 1 is 0.375 bits per heavy atom. The predicted octanol–water partition coefficient (Wildman–Crippen LogP) is 10.7. The Bertz CT molecular complexity index is 860. The molecule has 0 radical (unpaired) electrons. The highest BCUT2D eigenvalue weighted by Crippen LogP contribution is 2.24. The van der Waals surface area contributed by atoms with Crippen LogP contribution in [0.25, 0.3) is 0 Å². The molecule has 0 rings (SSSR count). The minimum atomic E-state index is -1.04. The van der Waals surface area contributed by atoms with Gasteiger partial charge in [0.05, 0.1) is 0 Å². The maximum Gasteiger partial charge on any atom is 0.326 e. The molecule has 0 aliphatic heterocycles. The van der Waals surface area contributed by atoms with Crippen molar-refractivity contribution in [3.63, 3.8) is 0 Å². The van der Waals surface area contributed by atoms with Crippen molar-refractivity contribution in [2.24, 2.45) is 11.5 Å². The van der Waals surface area contributed by atoms with Crippen LogP contribution in [-0.2, 0) is 19.2 Å². The van der Waals surface area contributed by atoms with Gasteiger partial charge in [-0.25, -0.2) is 9.59 Å². The first-order valence-corrected chi connectivity index (χ1v) is 25.5. The first-order chi connectivity index (χ1) is 27.3. The number of hydrogen-bond donors (Lipinski definition) is 6. The summed E-state index contributed by atoms with van der Waals surface area (Å²) < 4.78 is 0. The van der Waals surface area contributed by atoms with Crippen molar-refractivity contribution < 1.29 is 29.4 Å². The van der Waals surface area contributed by atoms with Crippen LogP contribution in [0.15, 0.2) is 0 Å². The van der Waals surface area contributed by atoms with Crippen LogP contribution in [0.2, 0.25) is 0 Å². The average Bonchev–Trinajstić information content (AvgIpc) is 3.17. The Balaban J connectivity index is 3.80. The molecule has 0 aliphatic rings. The van der Waals surface area contributed by atoms with Gasteiger partial charge in [0.25, 0.3) is 0 Å². The van der Waals surface area contributed by atoms with Crippen molar-refractivity contribution in [3.05, 3.63) is 0 Å².